The number of nitrogens with zero attached hydrogens (tertiary/aromatic N) is 6. The summed E-state index contributed by atoms with van der Waals surface area (Å²) in [6.45, 7) is 0.413. The number of amides is 2. The number of carbonyl (C=O) groups excluding carboxylic acids is 1. The van der Waals surface area contributed by atoms with Crippen molar-refractivity contribution >= 4 is 29.2 Å². The number of hydrogen-bond donors (Lipinski definition) is 3. The number of anilines is 4. The van der Waals surface area contributed by atoms with Crippen molar-refractivity contribution in [3.63, 3.8) is 0 Å². The van der Waals surface area contributed by atoms with Crippen LogP contribution in [0.5, 0.6) is 0 Å². The Morgan fingerprint density at radius 2 is 2.12 bits per heavy atom. The Morgan fingerprint density at radius 3 is 2.94 bits per heavy atom. The van der Waals surface area contributed by atoms with Crippen LogP contribution in [0.4, 0.5) is 36.7 Å². The van der Waals surface area contributed by atoms with E-state index in [2.05, 4.69) is 25.7 Å². The molecule has 1 unspecified atom stereocenters. The standard InChI is InChI=1S/C22H24F2N8O2/c23-19(24)13-32-20-14(9-26-21(29-20)28-15-10-27-30(12-15)7-8-33)11-31(22(32)34)18-5-6-25-17-4-2-1-3-16(17)18/h1-4,9-10,12,18-19,25,33H,5-8,11,13H2,(H,26,28,29). The number of aliphatic hydroxyl groups excluding tert-OH is 1. The lowest BCUT2D eigenvalue weighted by molar-refractivity contribution is 0.138. The molecule has 0 spiro atoms. The lowest BCUT2D eigenvalue weighted by Gasteiger charge is -2.42. The van der Waals surface area contributed by atoms with Crippen LogP contribution < -0.4 is 15.5 Å². The molecule has 2 aliphatic rings. The highest BCUT2D eigenvalue weighted by atomic mass is 19.3. The number of para-hydroxylation sites is 1. The van der Waals surface area contributed by atoms with Crippen LogP contribution in [0.15, 0.2) is 42.9 Å². The van der Waals surface area contributed by atoms with Crippen molar-refractivity contribution in [2.24, 2.45) is 0 Å². The number of nitrogens with one attached hydrogen (secondary N) is 2. The number of hydrogen-bond acceptors (Lipinski definition) is 7. The molecule has 0 saturated heterocycles. The van der Waals surface area contributed by atoms with Gasteiger partial charge >= 0.3 is 6.03 Å². The molecule has 1 aromatic carbocycles. The molecule has 0 radical (unpaired) electrons. The van der Waals surface area contributed by atoms with Crippen LogP contribution in [-0.4, -0.2) is 61.9 Å². The Kier molecular flexibility index (Phi) is 5.97. The molecule has 5 rings (SSSR count). The SMILES string of the molecule is O=C1N(CC(F)F)c2nc(Nc3cnn(CCO)c3)ncc2CN1C1CCNc2ccccc21. The fraction of sp³-hybridized carbons (Fsp3) is 0.364. The minimum absolute atomic E-state index is 0.0564. The third-order valence-corrected chi connectivity index (χ3v) is 5.88. The lowest BCUT2D eigenvalue weighted by atomic mass is 9.95. The summed E-state index contributed by atoms with van der Waals surface area (Å²) in [4.78, 5) is 24.8. The quantitative estimate of drug-likeness (QED) is 0.487. The van der Waals surface area contributed by atoms with Crippen molar-refractivity contribution in [3.05, 3.63) is 54.0 Å². The molecule has 34 heavy (non-hydrogen) atoms. The fourth-order valence-electron chi connectivity index (χ4n) is 4.40. The molecule has 0 fully saturated rings. The van der Waals surface area contributed by atoms with Crippen LogP contribution >= 0.6 is 0 Å². The van der Waals surface area contributed by atoms with E-state index in [0.29, 0.717) is 30.8 Å². The van der Waals surface area contributed by atoms with Crippen LogP contribution in [-0.2, 0) is 13.1 Å². The zero-order valence-electron chi connectivity index (χ0n) is 18.2. The Labute approximate surface area is 194 Å². The summed E-state index contributed by atoms with van der Waals surface area (Å²) in [7, 11) is 0. The van der Waals surface area contributed by atoms with Gasteiger partial charge in [-0.15, -0.1) is 0 Å². The third-order valence-electron chi connectivity index (χ3n) is 5.88. The number of halogens is 2. The van der Waals surface area contributed by atoms with Gasteiger partial charge in [-0.25, -0.2) is 18.6 Å². The first-order chi connectivity index (χ1) is 16.5. The van der Waals surface area contributed by atoms with Crippen molar-refractivity contribution in [2.45, 2.75) is 32.0 Å². The largest absolute Gasteiger partial charge is 0.394 e. The summed E-state index contributed by atoms with van der Waals surface area (Å²) in [5, 5.41) is 19.4. The van der Waals surface area contributed by atoms with Crippen molar-refractivity contribution < 1.29 is 18.7 Å². The molecule has 10 nitrogen and oxygen atoms in total. The number of rotatable bonds is 7. The maximum Gasteiger partial charge on any atom is 0.326 e. The summed E-state index contributed by atoms with van der Waals surface area (Å²) < 4.78 is 28.6. The van der Waals surface area contributed by atoms with E-state index in [1.165, 1.54) is 6.20 Å². The summed E-state index contributed by atoms with van der Waals surface area (Å²) in [5.74, 6) is 0.332. The first kappa shape index (κ1) is 22.0. The highest BCUT2D eigenvalue weighted by Crippen LogP contribution is 2.39. The molecular formula is C22H24F2N8O2. The second-order valence-corrected chi connectivity index (χ2v) is 8.11. The zero-order chi connectivity index (χ0) is 23.7. The van der Waals surface area contributed by atoms with E-state index >= 15 is 0 Å². The van der Waals surface area contributed by atoms with E-state index < -0.39 is 19.0 Å². The molecule has 2 aromatic heterocycles. The highest BCUT2D eigenvalue weighted by molar-refractivity contribution is 5.94. The molecule has 3 N–H and O–H groups in total. The Bertz CT molecular complexity index is 1190. The molecule has 0 saturated carbocycles. The molecular weight excluding hydrogens is 446 g/mol. The van der Waals surface area contributed by atoms with Gasteiger partial charge in [-0.1, -0.05) is 18.2 Å². The van der Waals surface area contributed by atoms with Crippen LogP contribution in [0, 0.1) is 0 Å². The van der Waals surface area contributed by atoms with Gasteiger partial charge in [-0.2, -0.15) is 10.1 Å². The van der Waals surface area contributed by atoms with Gasteiger partial charge in [0.2, 0.25) is 5.95 Å². The molecule has 4 heterocycles. The minimum atomic E-state index is -2.72. The average Bonchev–Trinajstić information content (AvgIpc) is 3.27. The zero-order valence-corrected chi connectivity index (χ0v) is 18.2. The van der Waals surface area contributed by atoms with Gasteiger partial charge in [0.25, 0.3) is 6.43 Å². The molecule has 2 amide bonds. The molecule has 0 bridgehead atoms. The van der Waals surface area contributed by atoms with Gasteiger partial charge in [0, 0.05) is 30.2 Å². The van der Waals surface area contributed by atoms with E-state index in [-0.39, 0.29) is 31.0 Å². The second kappa shape index (κ2) is 9.21. The lowest BCUT2D eigenvalue weighted by Crippen LogP contribution is -2.51. The number of alkyl halides is 2. The predicted octanol–water partition coefficient (Wildman–Crippen LogP) is 2.97. The molecule has 12 heteroatoms. The van der Waals surface area contributed by atoms with E-state index in [0.717, 1.165) is 16.2 Å². The van der Waals surface area contributed by atoms with Crippen molar-refractivity contribution in [1.82, 2.24) is 24.6 Å². The number of carbonyl (C=O) groups is 1. The molecule has 2 aliphatic heterocycles. The maximum absolute atomic E-state index is 13.5. The number of aromatic nitrogens is 4. The normalized spacial score (nSPS) is 17.4. The first-order valence-corrected chi connectivity index (χ1v) is 11.0. The van der Waals surface area contributed by atoms with Crippen molar-refractivity contribution in [1.29, 1.82) is 0 Å². The average molecular weight is 470 g/mol. The fourth-order valence-corrected chi connectivity index (χ4v) is 4.40. The maximum atomic E-state index is 13.5. The van der Waals surface area contributed by atoms with Gasteiger partial charge in [0.15, 0.2) is 0 Å². The van der Waals surface area contributed by atoms with Crippen LogP contribution in [0.25, 0.3) is 0 Å². The van der Waals surface area contributed by atoms with Gasteiger partial charge in [-0.3, -0.25) is 9.58 Å². The summed E-state index contributed by atoms with van der Waals surface area (Å²) in [6, 6.07) is 6.98. The predicted molar refractivity (Wildman–Crippen MR) is 121 cm³/mol. The molecule has 1 atom stereocenters. The smallest absolute Gasteiger partial charge is 0.326 e. The van der Waals surface area contributed by atoms with Gasteiger partial charge in [0.05, 0.1) is 44.2 Å². The molecule has 3 aromatic rings. The van der Waals surface area contributed by atoms with Gasteiger partial charge in [-0.05, 0) is 18.1 Å². The van der Waals surface area contributed by atoms with Gasteiger partial charge < -0.3 is 20.6 Å². The topological polar surface area (TPSA) is 111 Å². The van der Waals surface area contributed by atoms with E-state index in [1.54, 1.807) is 22.0 Å². The molecule has 178 valence electrons. The van der Waals surface area contributed by atoms with Gasteiger partial charge in [0.1, 0.15) is 5.82 Å². The summed E-state index contributed by atoms with van der Waals surface area (Å²) in [6.07, 6.45) is 2.71. The Morgan fingerprint density at radius 1 is 1.26 bits per heavy atom. The number of aliphatic hydroxyl groups is 1. The second-order valence-electron chi connectivity index (χ2n) is 8.11. The van der Waals surface area contributed by atoms with Crippen LogP contribution in [0.1, 0.15) is 23.6 Å². The van der Waals surface area contributed by atoms with E-state index in [4.69, 9.17) is 5.11 Å². The molecule has 0 aliphatic carbocycles. The summed E-state index contributed by atoms with van der Waals surface area (Å²) >= 11 is 0. The van der Waals surface area contributed by atoms with Crippen LogP contribution in [0.2, 0.25) is 0 Å². The van der Waals surface area contributed by atoms with Crippen molar-refractivity contribution in [2.75, 3.05) is 35.2 Å². The third kappa shape index (κ3) is 4.23. The first-order valence-electron chi connectivity index (χ1n) is 11.0. The number of benzene rings is 1. The van der Waals surface area contributed by atoms with E-state index in [9.17, 15) is 13.6 Å². The Hall–Kier alpha value is -3.80. The number of fused-ring (bicyclic) bond motifs is 2. The van der Waals surface area contributed by atoms with E-state index in [1.807, 2.05) is 24.3 Å². The van der Waals surface area contributed by atoms with Crippen LogP contribution in [0.3, 0.4) is 0 Å². The minimum Gasteiger partial charge on any atom is -0.394 e. The summed E-state index contributed by atoms with van der Waals surface area (Å²) in [5.41, 5.74) is 3.07. The number of urea groups is 1. The monoisotopic (exact) mass is 470 g/mol. The Balaban J connectivity index is 1.45. The van der Waals surface area contributed by atoms with Crippen molar-refractivity contribution in [3.8, 4) is 0 Å². The highest BCUT2D eigenvalue weighted by Gasteiger charge is 2.39.